The van der Waals surface area contributed by atoms with Crippen molar-refractivity contribution in [3.05, 3.63) is 29.8 Å². The van der Waals surface area contributed by atoms with E-state index in [0.29, 0.717) is 5.69 Å². The summed E-state index contributed by atoms with van der Waals surface area (Å²) in [6.45, 7) is 3.73. The molecule has 4 N–H and O–H groups in total. The van der Waals surface area contributed by atoms with Crippen molar-refractivity contribution in [1.82, 2.24) is 16.0 Å². The first-order valence-corrected chi connectivity index (χ1v) is 7.25. The average Bonchev–Trinajstić information content (AvgIpc) is 2.46. The molecule has 1 fully saturated rings. The monoisotopic (exact) mass is 290 g/mol. The van der Waals surface area contributed by atoms with Crippen molar-refractivity contribution in [2.75, 3.05) is 25.0 Å². The van der Waals surface area contributed by atoms with Gasteiger partial charge < -0.3 is 21.3 Å². The maximum atomic E-state index is 11.7. The van der Waals surface area contributed by atoms with E-state index in [1.807, 2.05) is 25.1 Å². The Morgan fingerprint density at radius 1 is 1.38 bits per heavy atom. The van der Waals surface area contributed by atoms with Crippen LogP contribution >= 0.6 is 0 Å². The van der Waals surface area contributed by atoms with Gasteiger partial charge in [0.1, 0.15) is 0 Å². The number of anilines is 1. The molecule has 0 spiro atoms. The summed E-state index contributed by atoms with van der Waals surface area (Å²) in [7, 11) is 0. The van der Waals surface area contributed by atoms with Crippen molar-refractivity contribution in [1.29, 1.82) is 0 Å². The van der Waals surface area contributed by atoms with E-state index < -0.39 is 0 Å². The van der Waals surface area contributed by atoms with Gasteiger partial charge in [-0.15, -0.1) is 0 Å². The van der Waals surface area contributed by atoms with Gasteiger partial charge >= 0.3 is 6.03 Å². The molecule has 0 unspecified atom stereocenters. The molecule has 1 saturated heterocycles. The topological polar surface area (TPSA) is 82.3 Å². The molecule has 6 nitrogen and oxygen atoms in total. The minimum Gasteiger partial charge on any atom is -0.351 e. The lowest BCUT2D eigenvalue weighted by Crippen LogP contribution is -2.48. The highest BCUT2D eigenvalue weighted by Gasteiger charge is 2.15. The van der Waals surface area contributed by atoms with Crippen LogP contribution in [0.1, 0.15) is 18.4 Å². The van der Waals surface area contributed by atoms with Crippen molar-refractivity contribution >= 4 is 17.6 Å². The van der Waals surface area contributed by atoms with Crippen LogP contribution in [-0.4, -0.2) is 37.6 Å². The predicted molar refractivity (Wildman–Crippen MR) is 82.2 cm³/mol. The van der Waals surface area contributed by atoms with E-state index in [1.54, 1.807) is 6.07 Å². The second kappa shape index (κ2) is 7.64. The lowest BCUT2D eigenvalue weighted by Gasteiger charge is -2.23. The number of carbonyl (C=O) groups is 2. The third-order valence-corrected chi connectivity index (χ3v) is 3.35. The van der Waals surface area contributed by atoms with E-state index in [0.717, 1.165) is 31.5 Å². The van der Waals surface area contributed by atoms with Gasteiger partial charge in [0.25, 0.3) is 0 Å². The van der Waals surface area contributed by atoms with E-state index in [1.165, 1.54) is 0 Å². The SMILES string of the molecule is Cc1cccc(NC(=O)NCC(=O)N[C@H]2CCCNC2)c1. The molecule has 0 aliphatic carbocycles. The van der Waals surface area contributed by atoms with E-state index >= 15 is 0 Å². The molecule has 6 heteroatoms. The fourth-order valence-electron chi connectivity index (χ4n) is 2.31. The average molecular weight is 290 g/mol. The third-order valence-electron chi connectivity index (χ3n) is 3.35. The summed E-state index contributed by atoms with van der Waals surface area (Å²) < 4.78 is 0. The zero-order valence-electron chi connectivity index (χ0n) is 12.2. The second-order valence-electron chi connectivity index (χ2n) is 5.29. The molecule has 114 valence electrons. The smallest absolute Gasteiger partial charge is 0.319 e. The molecule has 0 saturated carbocycles. The first kappa shape index (κ1) is 15.3. The largest absolute Gasteiger partial charge is 0.351 e. The lowest BCUT2D eigenvalue weighted by atomic mass is 10.1. The molecule has 2 rings (SSSR count). The first-order chi connectivity index (χ1) is 10.1. The zero-order chi connectivity index (χ0) is 15.1. The number of nitrogens with one attached hydrogen (secondary N) is 4. The minimum absolute atomic E-state index is 0.0197. The van der Waals surface area contributed by atoms with E-state index in [9.17, 15) is 9.59 Å². The number of benzene rings is 1. The number of rotatable bonds is 4. The van der Waals surface area contributed by atoms with E-state index in [2.05, 4.69) is 21.3 Å². The molecular formula is C15H22N4O2. The van der Waals surface area contributed by atoms with Gasteiger partial charge in [-0.1, -0.05) is 12.1 Å². The van der Waals surface area contributed by atoms with Gasteiger partial charge in [0.05, 0.1) is 6.54 Å². The van der Waals surface area contributed by atoms with Crippen LogP contribution in [0.4, 0.5) is 10.5 Å². The van der Waals surface area contributed by atoms with Crippen molar-refractivity contribution in [3.8, 4) is 0 Å². The third kappa shape index (κ3) is 5.43. The highest BCUT2D eigenvalue weighted by atomic mass is 16.2. The number of piperidine rings is 1. The van der Waals surface area contributed by atoms with Gasteiger partial charge in [-0.05, 0) is 44.0 Å². The van der Waals surface area contributed by atoms with Gasteiger partial charge in [0, 0.05) is 18.3 Å². The molecule has 21 heavy (non-hydrogen) atoms. The fraction of sp³-hybridized carbons (Fsp3) is 0.467. The van der Waals surface area contributed by atoms with Gasteiger partial charge in [-0.2, -0.15) is 0 Å². The molecule has 1 atom stereocenters. The number of amides is 3. The summed E-state index contributed by atoms with van der Waals surface area (Å²) in [6.07, 6.45) is 2.04. The molecule has 1 aromatic carbocycles. The number of urea groups is 1. The maximum Gasteiger partial charge on any atom is 0.319 e. The fourth-order valence-corrected chi connectivity index (χ4v) is 2.31. The van der Waals surface area contributed by atoms with Crippen LogP contribution in [0.5, 0.6) is 0 Å². The van der Waals surface area contributed by atoms with Crippen molar-refractivity contribution in [3.63, 3.8) is 0 Å². The highest BCUT2D eigenvalue weighted by Crippen LogP contribution is 2.08. The lowest BCUT2D eigenvalue weighted by molar-refractivity contribution is -0.120. The van der Waals surface area contributed by atoms with Crippen LogP contribution in [0.3, 0.4) is 0 Å². The molecule has 0 radical (unpaired) electrons. The summed E-state index contributed by atoms with van der Waals surface area (Å²) in [5.74, 6) is -0.164. The number of hydrogen-bond acceptors (Lipinski definition) is 3. The van der Waals surface area contributed by atoms with Crippen LogP contribution in [0.15, 0.2) is 24.3 Å². The van der Waals surface area contributed by atoms with Crippen LogP contribution in [0.25, 0.3) is 0 Å². The van der Waals surface area contributed by atoms with Crippen LogP contribution in [0.2, 0.25) is 0 Å². The Morgan fingerprint density at radius 3 is 2.95 bits per heavy atom. The van der Waals surface area contributed by atoms with Crippen molar-refractivity contribution in [2.45, 2.75) is 25.8 Å². The van der Waals surface area contributed by atoms with Gasteiger partial charge in [0.2, 0.25) is 5.91 Å². The Balaban J connectivity index is 1.69. The Bertz CT molecular complexity index is 498. The molecule has 0 aromatic heterocycles. The second-order valence-corrected chi connectivity index (χ2v) is 5.29. The number of hydrogen-bond donors (Lipinski definition) is 4. The number of carbonyl (C=O) groups excluding carboxylic acids is 2. The van der Waals surface area contributed by atoms with Crippen molar-refractivity contribution in [2.24, 2.45) is 0 Å². The van der Waals surface area contributed by atoms with Crippen molar-refractivity contribution < 1.29 is 9.59 Å². The van der Waals surface area contributed by atoms with E-state index in [4.69, 9.17) is 0 Å². The summed E-state index contributed by atoms with van der Waals surface area (Å²) in [6, 6.07) is 7.28. The van der Waals surface area contributed by atoms with Gasteiger partial charge in [0.15, 0.2) is 0 Å². The Morgan fingerprint density at radius 2 is 2.24 bits per heavy atom. The minimum atomic E-state index is -0.377. The molecule has 0 bridgehead atoms. The standard InChI is InChI=1S/C15H22N4O2/c1-11-4-2-5-12(8-11)19-15(21)17-10-14(20)18-13-6-3-7-16-9-13/h2,4-5,8,13,16H,3,6-7,9-10H2,1H3,(H,18,20)(H2,17,19,21)/t13-/m0/s1. The molecule has 1 aliphatic rings. The molecule has 3 amide bonds. The normalized spacial score (nSPS) is 17.9. The van der Waals surface area contributed by atoms with Crippen LogP contribution in [0, 0.1) is 6.92 Å². The van der Waals surface area contributed by atoms with Gasteiger partial charge in [-0.25, -0.2) is 4.79 Å². The molecular weight excluding hydrogens is 268 g/mol. The molecule has 1 heterocycles. The predicted octanol–water partition coefficient (Wildman–Crippen LogP) is 0.985. The summed E-state index contributed by atoms with van der Waals surface area (Å²) in [5.41, 5.74) is 1.78. The van der Waals surface area contributed by atoms with Crippen LogP contribution < -0.4 is 21.3 Å². The highest BCUT2D eigenvalue weighted by molar-refractivity contribution is 5.92. The maximum absolute atomic E-state index is 11.7. The number of aryl methyl sites for hydroxylation is 1. The summed E-state index contributed by atoms with van der Waals surface area (Å²) in [4.78, 5) is 23.4. The van der Waals surface area contributed by atoms with Crippen LogP contribution in [-0.2, 0) is 4.79 Å². The summed E-state index contributed by atoms with van der Waals surface area (Å²) in [5, 5.41) is 11.4. The van der Waals surface area contributed by atoms with Gasteiger partial charge in [-0.3, -0.25) is 4.79 Å². The summed E-state index contributed by atoms with van der Waals surface area (Å²) >= 11 is 0. The quantitative estimate of drug-likeness (QED) is 0.667. The Labute approximate surface area is 124 Å². The molecule has 1 aromatic rings. The molecule has 1 aliphatic heterocycles. The Kier molecular flexibility index (Phi) is 5.57. The van der Waals surface area contributed by atoms with E-state index in [-0.39, 0.29) is 24.5 Å². The first-order valence-electron chi connectivity index (χ1n) is 7.25. The zero-order valence-corrected chi connectivity index (χ0v) is 12.2. The Hall–Kier alpha value is -2.08.